The Bertz CT molecular complexity index is 991. The fraction of sp³-hybridized carbons (Fsp3) is 0.480. The number of hydrogen-bond donors (Lipinski definition) is 7. The van der Waals surface area contributed by atoms with Gasteiger partial charge < -0.3 is 42.4 Å². The van der Waals surface area contributed by atoms with Crippen LogP contribution >= 0.6 is 0 Å². The molecule has 0 fully saturated rings. The largest absolute Gasteiger partial charge is 0.368 e. The molecular formula is C25H37N7O8. The van der Waals surface area contributed by atoms with Gasteiger partial charge in [0.25, 0.3) is 0 Å². The van der Waals surface area contributed by atoms with E-state index in [0.29, 0.717) is 19.4 Å². The van der Waals surface area contributed by atoms with Gasteiger partial charge in [0.1, 0.15) is 19.4 Å². The molecule has 0 aliphatic carbocycles. The standard InChI is InChI=1S/C25H37N7O8/c26-20(34)15-40-17-31-23(37)13-30-25(39)19(11-18-7-3-1-4-8-18)32-24(38)14-29-22(36)12-28-21(35)9-5-2-6-10-27-16-33/h1,3-4,7-8,16,19H,2,5-6,9-15,17H2,(H2,26,34)(H,27,33)(H,28,35)(H,29,36)(H,30,39)(H,31,37)(H,32,38)/t19-/m0/s1. The average molecular weight is 564 g/mol. The first-order valence-electron chi connectivity index (χ1n) is 12.7. The van der Waals surface area contributed by atoms with Crippen molar-refractivity contribution in [1.82, 2.24) is 31.9 Å². The molecule has 0 unspecified atom stereocenters. The molecule has 0 radical (unpaired) electrons. The molecule has 0 aliphatic rings. The molecule has 40 heavy (non-hydrogen) atoms. The van der Waals surface area contributed by atoms with E-state index in [4.69, 9.17) is 10.5 Å². The number of carbonyl (C=O) groups excluding carboxylic acids is 7. The van der Waals surface area contributed by atoms with Gasteiger partial charge >= 0.3 is 0 Å². The summed E-state index contributed by atoms with van der Waals surface area (Å²) in [7, 11) is 0. The zero-order chi connectivity index (χ0) is 29.6. The number of ether oxygens (including phenoxy) is 1. The highest BCUT2D eigenvalue weighted by Crippen LogP contribution is 2.04. The third kappa shape index (κ3) is 17.1. The van der Waals surface area contributed by atoms with Gasteiger partial charge in [-0.1, -0.05) is 36.8 Å². The highest BCUT2D eigenvalue weighted by atomic mass is 16.5. The minimum atomic E-state index is -1.05. The van der Waals surface area contributed by atoms with Crippen LogP contribution in [0.25, 0.3) is 0 Å². The molecule has 0 saturated carbocycles. The summed E-state index contributed by atoms with van der Waals surface area (Å²) in [4.78, 5) is 81.7. The summed E-state index contributed by atoms with van der Waals surface area (Å²) >= 11 is 0. The first-order valence-corrected chi connectivity index (χ1v) is 12.7. The normalized spacial score (nSPS) is 10.9. The SMILES string of the molecule is NC(=O)COCNC(=O)CNC(=O)[C@H](Cc1ccccc1)NC(=O)CNC(=O)CNC(=O)CCCCCNC=O. The smallest absolute Gasteiger partial charge is 0.243 e. The Morgan fingerprint density at radius 1 is 0.800 bits per heavy atom. The zero-order valence-corrected chi connectivity index (χ0v) is 22.2. The maximum atomic E-state index is 12.7. The van der Waals surface area contributed by atoms with Crippen LogP contribution < -0.4 is 37.6 Å². The van der Waals surface area contributed by atoms with Gasteiger partial charge in [-0.2, -0.15) is 0 Å². The second-order valence-electron chi connectivity index (χ2n) is 8.52. The number of benzene rings is 1. The van der Waals surface area contributed by atoms with Crippen molar-refractivity contribution in [2.45, 2.75) is 38.1 Å². The van der Waals surface area contributed by atoms with E-state index in [1.807, 2.05) is 0 Å². The summed E-state index contributed by atoms with van der Waals surface area (Å²) in [5.41, 5.74) is 5.67. The van der Waals surface area contributed by atoms with Crippen molar-refractivity contribution in [1.29, 1.82) is 0 Å². The van der Waals surface area contributed by atoms with Crippen LogP contribution in [0.2, 0.25) is 0 Å². The fourth-order valence-electron chi connectivity index (χ4n) is 3.20. The Balaban J connectivity index is 2.46. The summed E-state index contributed by atoms with van der Waals surface area (Å²) in [5, 5.41) is 14.7. The summed E-state index contributed by atoms with van der Waals surface area (Å²) in [6.07, 6.45) is 3.05. The van der Waals surface area contributed by atoms with Crippen LogP contribution in [-0.2, 0) is 44.7 Å². The van der Waals surface area contributed by atoms with Gasteiger partial charge in [-0.15, -0.1) is 0 Å². The van der Waals surface area contributed by atoms with Crippen LogP contribution in [0, 0.1) is 0 Å². The van der Waals surface area contributed by atoms with E-state index in [1.54, 1.807) is 30.3 Å². The topological polar surface area (TPSA) is 227 Å². The second-order valence-corrected chi connectivity index (χ2v) is 8.52. The number of primary amides is 1. The summed E-state index contributed by atoms with van der Waals surface area (Å²) in [5.74, 6) is -3.47. The molecule has 0 aliphatic heterocycles. The van der Waals surface area contributed by atoms with Gasteiger partial charge in [-0.25, -0.2) is 0 Å². The second kappa shape index (κ2) is 20.4. The number of nitrogens with two attached hydrogens (primary N) is 1. The Morgan fingerprint density at radius 2 is 1.45 bits per heavy atom. The molecule has 0 bridgehead atoms. The molecule has 0 saturated heterocycles. The molecule has 1 aromatic carbocycles. The van der Waals surface area contributed by atoms with Gasteiger partial charge in [-0.3, -0.25) is 33.6 Å². The van der Waals surface area contributed by atoms with Crippen LogP contribution in [0.3, 0.4) is 0 Å². The number of nitrogens with one attached hydrogen (secondary N) is 6. The monoisotopic (exact) mass is 563 g/mol. The van der Waals surface area contributed by atoms with E-state index >= 15 is 0 Å². The van der Waals surface area contributed by atoms with Gasteiger partial charge in [0.05, 0.1) is 19.6 Å². The van der Waals surface area contributed by atoms with Crippen LogP contribution in [0.5, 0.6) is 0 Å². The van der Waals surface area contributed by atoms with Crippen molar-refractivity contribution in [3.63, 3.8) is 0 Å². The van der Waals surface area contributed by atoms with Crippen LogP contribution in [0.4, 0.5) is 0 Å². The molecule has 7 amide bonds. The minimum Gasteiger partial charge on any atom is -0.368 e. The maximum absolute atomic E-state index is 12.7. The molecule has 15 heteroatoms. The first kappa shape index (κ1) is 33.5. The van der Waals surface area contributed by atoms with Crippen molar-refractivity contribution >= 4 is 41.9 Å². The minimum absolute atomic E-state index is 0.122. The van der Waals surface area contributed by atoms with Crippen molar-refractivity contribution in [3.8, 4) is 0 Å². The molecule has 1 aromatic rings. The van der Waals surface area contributed by atoms with Gasteiger partial charge in [0.15, 0.2) is 0 Å². The van der Waals surface area contributed by atoms with Gasteiger partial charge in [0.2, 0.25) is 41.9 Å². The molecule has 1 rings (SSSR count). The van der Waals surface area contributed by atoms with E-state index in [2.05, 4.69) is 31.9 Å². The fourth-order valence-corrected chi connectivity index (χ4v) is 3.20. The lowest BCUT2D eigenvalue weighted by atomic mass is 10.1. The van der Waals surface area contributed by atoms with Crippen molar-refractivity contribution < 1.29 is 38.3 Å². The van der Waals surface area contributed by atoms with Gasteiger partial charge in [-0.05, 0) is 18.4 Å². The molecule has 0 aromatic heterocycles. The molecule has 0 spiro atoms. The van der Waals surface area contributed by atoms with E-state index in [9.17, 15) is 33.6 Å². The maximum Gasteiger partial charge on any atom is 0.243 e. The average Bonchev–Trinajstić information content (AvgIpc) is 2.93. The lowest BCUT2D eigenvalue weighted by Crippen LogP contribution is -2.52. The predicted octanol–water partition coefficient (Wildman–Crippen LogP) is -3.06. The van der Waals surface area contributed by atoms with E-state index in [1.165, 1.54) is 0 Å². The third-order valence-corrected chi connectivity index (χ3v) is 5.17. The number of carbonyl (C=O) groups is 7. The summed E-state index contributed by atoms with van der Waals surface area (Å²) in [6.45, 7) is -1.27. The third-order valence-electron chi connectivity index (χ3n) is 5.17. The summed E-state index contributed by atoms with van der Waals surface area (Å²) < 4.78 is 4.82. The number of rotatable bonds is 21. The lowest BCUT2D eigenvalue weighted by molar-refractivity contribution is -0.131. The number of unbranched alkanes of at least 4 members (excludes halogenated alkanes) is 2. The summed E-state index contributed by atoms with van der Waals surface area (Å²) in [6, 6.07) is 7.82. The molecular weight excluding hydrogens is 526 g/mol. The van der Waals surface area contributed by atoms with Crippen LogP contribution in [-0.4, -0.2) is 87.4 Å². The van der Waals surface area contributed by atoms with E-state index in [0.717, 1.165) is 18.4 Å². The van der Waals surface area contributed by atoms with E-state index < -0.39 is 48.7 Å². The van der Waals surface area contributed by atoms with Crippen LogP contribution in [0.15, 0.2) is 30.3 Å². The highest BCUT2D eigenvalue weighted by molar-refractivity contribution is 5.92. The van der Waals surface area contributed by atoms with Crippen molar-refractivity contribution in [2.24, 2.45) is 5.73 Å². The molecule has 1 atom stereocenters. The van der Waals surface area contributed by atoms with Gasteiger partial charge in [0, 0.05) is 19.4 Å². The van der Waals surface area contributed by atoms with E-state index in [-0.39, 0.29) is 38.6 Å². The molecule has 220 valence electrons. The Hall–Kier alpha value is -4.53. The molecule has 0 heterocycles. The number of amides is 7. The Morgan fingerprint density at radius 3 is 2.15 bits per heavy atom. The highest BCUT2D eigenvalue weighted by Gasteiger charge is 2.22. The van der Waals surface area contributed by atoms with Crippen molar-refractivity contribution in [2.75, 3.05) is 39.5 Å². The Kier molecular flexibility index (Phi) is 17.1. The van der Waals surface area contributed by atoms with Crippen LogP contribution in [0.1, 0.15) is 31.2 Å². The number of hydrogen-bond acceptors (Lipinski definition) is 8. The Labute approximate surface area is 231 Å². The molecule has 8 N–H and O–H groups in total. The quantitative estimate of drug-likeness (QED) is 0.0460. The zero-order valence-electron chi connectivity index (χ0n) is 22.2. The lowest BCUT2D eigenvalue weighted by Gasteiger charge is -2.19. The van der Waals surface area contributed by atoms with Crippen molar-refractivity contribution in [3.05, 3.63) is 35.9 Å². The predicted molar refractivity (Wildman–Crippen MR) is 142 cm³/mol. The molecule has 15 nitrogen and oxygen atoms in total. The first-order chi connectivity index (χ1) is 19.2.